The molecule has 1 fully saturated rings. The van der Waals surface area contributed by atoms with E-state index in [9.17, 15) is 0 Å². The summed E-state index contributed by atoms with van der Waals surface area (Å²) in [7, 11) is 2.21. The van der Waals surface area contributed by atoms with E-state index in [1.807, 2.05) is 29.9 Å². The second-order valence-corrected chi connectivity index (χ2v) is 8.42. The minimum atomic E-state index is 0.308. The van der Waals surface area contributed by atoms with E-state index in [1.54, 1.807) is 6.20 Å². The molecule has 0 amide bonds. The van der Waals surface area contributed by atoms with Gasteiger partial charge in [-0.15, -0.1) is 11.3 Å². The van der Waals surface area contributed by atoms with E-state index in [2.05, 4.69) is 68.1 Å². The predicted molar refractivity (Wildman–Crippen MR) is 113 cm³/mol. The Morgan fingerprint density at radius 2 is 2.07 bits per heavy atom. The van der Waals surface area contributed by atoms with Gasteiger partial charge in [-0.25, -0.2) is 4.98 Å². The topological polar surface area (TPSA) is 36.7 Å². The van der Waals surface area contributed by atoms with Gasteiger partial charge in [-0.3, -0.25) is 14.8 Å². The minimum absolute atomic E-state index is 0.308. The van der Waals surface area contributed by atoms with Gasteiger partial charge < -0.3 is 4.40 Å². The van der Waals surface area contributed by atoms with Gasteiger partial charge >= 0.3 is 0 Å². The zero-order chi connectivity index (χ0) is 18.9. The third-order valence-corrected chi connectivity index (χ3v) is 6.42. The van der Waals surface area contributed by atoms with Crippen molar-refractivity contribution in [1.82, 2.24) is 24.2 Å². The fraction of sp³-hybridized carbons (Fsp3) is 0.273. The first-order valence-corrected chi connectivity index (χ1v) is 10.5. The van der Waals surface area contributed by atoms with E-state index in [0.717, 1.165) is 43.0 Å². The molecule has 142 valence electrons. The van der Waals surface area contributed by atoms with Crippen LogP contribution in [0.3, 0.4) is 0 Å². The van der Waals surface area contributed by atoms with Crippen molar-refractivity contribution in [2.45, 2.75) is 12.6 Å². The molecule has 1 aliphatic heterocycles. The molecule has 0 saturated carbocycles. The number of thiophene rings is 1. The second-order valence-electron chi connectivity index (χ2n) is 7.39. The second kappa shape index (κ2) is 7.47. The van der Waals surface area contributed by atoms with Crippen LogP contribution in [0, 0.1) is 0 Å². The van der Waals surface area contributed by atoms with E-state index in [0.29, 0.717) is 6.04 Å². The Morgan fingerprint density at radius 3 is 2.89 bits per heavy atom. The summed E-state index contributed by atoms with van der Waals surface area (Å²) in [6.45, 7) is 4.19. The van der Waals surface area contributed by atoms with Crippen LogP contribution in [0.1, 0.15) is 16.6 Å². The normalized spacial score (nSPS) is 18.7. The number of imidazole rings is 1. The number of hydrogen-bond donors (Lipinski definition) is 0. The van der Waals surface area contributed by atoms with Crippen LogP contribution in [-0.4, -0.2) is 50.9 Å². The maximum absolute atomic E-state index is 4.82. The average Bonchev–Trinajstić information content (AvgIpc) is 3.39. The monoisotopic (exact) mass is 389 g/mol. The highest BCUT2D eigenvalue weighted by atomic mass is 32.1. The molecule has 5 nitrogen and oxygen atoms in total. The van der Waals surface area contributed by atoms with E-state index in [1.165, 1.54) is 10.4 Å². The molecule has 1 saturated heterocycles. The summed E-state index contributed by atoms with van der Waals surface area (Å²) in [6.07, 6.45) is 7.79. The van der Waals surface area contributed by atoms with Crippen LogP contribution < -0.4 is 0 Å². The molecule has 4 aromatic rings. The summed E-state index contributed by atoms with van der Waals surface area (Å²) in [6, 6.07) is 13.1. The Hall–Kier alpha value is -2.54. The van der Waals surface area contributed by atoms with E-state index < -0.39 is 0 Å². The van der Waals surface area contributed by atoms with E-state index in [4.69, 9.17) is 4.98 Å². The summed E-state index contributed by atoms with van der Waals surface area (Å²) >= 11 is 1.84. The quantitative estimate of drug-likeness (QED) is 0.530. The van der Waals surface area contributed by atoms with Gasteiger partial charge in [0.05, 0.1) is 23.6 Å². The Labute approximate surface area is 168 Å². The highest BCUT2D eigenvalue weighted by molar-refractivity contribution is 7.09. The van der Waals surface area contributed by atoms with Gasteiger partial charge in [-0.1, -0.05) is 18.2 Å². The first-order chi connectivity index (χ1) is 13.8. The van der Waals surface area contributed by atoms with E-state index in [-0.39, 0.29) is 0 Å². The Morgan fingerprint density at radius 1 is 1.11 bits per heavy atom. The molecule has 0 unspecified atom stereocenters. The first-order valence-electron chi connectivity index (χ1n) is 9.60. The van der Waals surface area contributed by atoms with Crippen molar-refractivity contribution in [2.75, 3.05) is 26.7 Å². The van der Waals surface area contributed by atoms with Gasteiger partial charge in [-0.05, 0) is 36.2 Å². The Balaban J connectivity index is 1.43. The summed E-state index contributed by atoms with van der Waals surface area (Å²) in [5.74, 6) is 0. The lowest BCUT2D eigenvalue weighted by Gasteiger charge is -2.38. The Kier molecular flexibility index (Phi) is 4.68. The zero-order valence-corrected chi connectivity index (χ0v) is 16.7. The first kappa shape index (κ1) is 17.6. The summed E-state index contributed by atoms with van der Waals surface area (Å²) in [5, 5.41) is 2.16. The van der Waals surface area contributed by atoms with Crippen LogP contribution in [0.5, 0.6) is 0 Å². The van der Waals surface area contributed by atoms with Gasteiger partial charge in [0, 0.05) is 55.2 Å². The van der Waals surface area contributed by atoms with Gasteiger partial charge in [0.15, 0.2) is 0 Å². The molecule has 1 atom stereocenters. The molecule has 0 N–H and O–H groups in total. The summed E-state index contributed by atoms with van der Waals surface area (Å²) < 4.78 is 2.14. The highest BCUT2D eigenvalue weighted by Gasteiger charge is 2.28. The van der Waals surface area contributed by atoms with Crippen molar-refractivity contribution in [3.8, 4) is 11.1 Å². The van der Waals surface area contributed by atoms with Gasteiger partial charge in [0.2, 0.25) is 0 Å². The Bertz CT molecular complexity index is 1060. The fourth-order valence-corrected chi connectivity index (χ4v) is 4.72. The molecule has 28 heavy (non-hydrogen) atoms. The molecule has 5 rings (SSSR count). The SMILES string of the molecule is CN1CCN(Cc2cccs2)C[C@H]1c1ncn2cc(-c3cccnc3)ccc12. The van der Waals surface area contributed by atoms with Crippen molar-refractivity contribution in [2.24, 2.45) is 0 Å². The minimum Gasteiger partial charge on any atom is -0.305 e. The molecular weight excluding hydrogens is 366 g/mol. The summed E-state index contributed by atoms with van der Waals surface area (Å²) in [4.78, 5) is 15.5. The van der Waals surface area contributed by atoms with Gasteiger partial charge in [0.25, 0.3) is 0 Å². The lowest BCUT2D eigenvalue weighted by atomic mass is 10.1. The molecule has 5 heterocycles. The predicted octanol–water partition coefficient (Wildman–Crippen LogP) is 3.95. The molecule has 0 spiro atoms. The number of piperazine rings is 1. The van der Waals surface area contributed by atoms with Crippen LogP contribution in [0.2, 0.25) is 0 Å². The van der Waals surface area contributed by atoms with Crippen LogP contribution in [-0.2, 0) is 6.54 Å². The maximum Gasteiger partial charge on any atom is 0.0996 e. The third-order valence-electron chi connectivity index (χ3n) is 5.56. The highest BCUT2D eigenvalue weighted by Crippen LogP contribution is 2.29. The molecule has 1 aliphatic rings. The molecular formula is C22H23N5S. The van der Waals surface area contributed by atoms with Crippen LogP contribution in [0.25, 0.3) is 16.6 Å². The van der Waals surface area contributed by atoms with Crippen LogP contribution in [0.15, 0.2) is 66.7 Å². The lowest BCUT2D eigenvalue weighted by molar-refractivity contribution is 0.0899. The lowest BCUT2D eigenvalue weighted by Crippen LogP contribution is -2.46. The number of fused-ring (bicyclic) bond motifs is 1. The largest absolute Gasteiger partial charge is 0.305 e. The third kappa shape index (κ3) is 3.35. The maximum atomic E-state index is 4.82. The van der Waals surface area contributed by atoms with Crippen molar-refractivity contribution in [3.63, 3.8) is 0 Å². The molecule has 4 aromatic heterocycles. The molecule has 0 bridgehead atoms. The molecule has 0 aliphatic carbocycles. The number of nitrogens with zero attached hydrogens (tertiary/aromatic N) is 5. The average molecular weight is 390 g/mol. The van der Waals surface area contributed by atoms with Gasteiger partial charge in [0.1, 0.15) is 0 Å². The van der Waals surface area contributed by atoms with Gasteiger partial charge in [-0.2, -0.15) is 0 Å². The zero-order valence-electron chi connectivity index (χ0n) is 15.9. The van der Waals surface area contributed by atoms with Crippen LogP contribution >= 0.6 is 11.3 Å². The fourth-order valence-electron chi connectivity index (χ4n) is 3.97. The van der Waals surface area contributed by atoms with Crippen LogP contribution in [0.4, 0.5) is 0 Å². The number of pyridine rings is 2. The molecule has 0 radical (unpaired) electrons. The van der Waals surface area contributed by atoms with Crippen molar-refractivity contribution < 1.29 is 0 Å². The number of likely N-dealkylation sites (N-methyl/N-ethyl adjacent to an activating group) is 1. The molecule has 6 heteroatoms. The van der Waals surface area contributed by atoms with E-state index >= 15 is 0 Å². The number of rotatable bonds is 4. The summed E-state index contributed by atoms with van der Waals surface area (Å²) in [5.41, 5.74) is 4.62. The number of hydrogen-bond acceptors (Lipinski definition) is 5. The smallest absolute Gasteiger partial charge is 0.0996 e. The molecule has 0 aromatic carbocycles. The number of aromatic nitrogens is 3. The van der Waals surface area contributed by atoms with Crippen molar-refractivity contribution in [1.29, 1.82) is 0 Å². The standard InChI is InChI=1S/C22H23N5S/c1-25-9-10-26(14-19-5-3-11-28-19)15-21(25)22-20-7-6-18(13-27(20)16-24-22)17-4-2-8-23-12-17/h2-8,11-13,16,21H,9-10,14-15H2,1H3/t21-/m0/s1. The van der Waals surface area contributed by atoms with Crippen molar-refractivity contribution in [3.05, 3.63) is 77.3 Å². The van der Waals surface area contributed by atoms with Crippen molar-refractivity contribution >= 4 is 16.9 Å².